The lowest BCUT2D eigenvalue weighted by Crippen LogP contribution is -2.42. The summed E-state index contributed by atoms with van der Waals surface area (Å²) in [5.41, 5.74) is 0. The van der Waals surface area contributed by atoms with Crippen molar-refractivity contribution in [1.82, 2.24) is 10.2 Å². The van der Waals surface area contributed by atoms with Gasteiger partial charge in [0.05, 0.1) is 0 Å². The maximum atomic E-state index is 11.7. The molecule has 1 unspecified atom stereocenters. The van der Waals surface area contributed by atoms with Crippen molar-refractivity contribution in [2.24, 2.45) is 0 Å². The third-order valence-electron chi connectivity index (χ3n) is 2.91. The molecule has 1 amide bonds. The van der Waals surface area contributed by atoms with Crippen LogP contribution in [0, 0.1) is 0 Å². The summed E-state index contributed by atoms with van der Waals surface area (Å²) in [6.45, 7) is 7.20. The smallest absolute Gasteiger partial charge is 0.222 e. The van der Waals surface area contributed by atoms with Crippen molar-refractivity contribution >= 4 is 5.91 Å². The maximum absolute atomic E-state index is 11.7. The molecule has 1 N–H and O–H groups in total. The first-order valence-electron chi connectivity index (χ1n) is 6.25. The highest BCUT2D eigenvalue weighted by Crippen LogP contribution is 2.11. The molecule has 0 bridgehead atoms. The minimum atomic E-state index is 0.345. The highest BCUT2D eigenvalue weighted by molar-refractivity contribution is 5.76. The summed E-state index contributed by atoms with van der Waals surface area (Å²) in [5.74, 6) is 0.345. The molecule has 1 atom stereocenters. The maximum Gasteiger partial charge on any atom is 0.222 e. The Morgan fingerprint density at radius 1 is 1.40 bits per heavy atom. The first-order valence-corrected chi connectivity index (χ1v) is 6.25. The third kappa shape index (κ3) is 4.65. The zero-order valence-corrected chi connectivity index (χ0v) is 10.1. The molecule has 0 saturated carbocycles. The van der Waals surface area contributed by atoms with Gasteiger partial charge in [-0.15, -0.1) is 0 Å². The number of carbonyl (C=O) groups excluding carboxylic acids is 1. The van der Waals surface area contributed by atoms with Gasteiger partial charge in [0.25, 0.3) is 0 Å². The van der Waals surface area contributed by atoms with E-state index < -0.39 is 0 Å². The summed E-state index contributed by atoms with van der Waals surface area (Å²) in [5, 5.41) is 3.43. The highest BCUT2D eigenvalue weighted by Gasteiger charge is 2.17. The second-order valence-electron chi connectivity index (χ2n) is 4.51. The van der Waals surface area contributed by atoms with E-state index in [2.05, 4.69) is 19.2 Å². The van der Waals surface area contributed by atoms with Crippen molar-refractivity contribution in [2.45, 2.75) is 52.0 Å². The van der Waals surface area contributed by atoms with E-state index in [-0.39, 0.29) is 0 Å². The number of amides is 1. The summed E-state index contributed by atoms with van der Waals surface area (Å²) >= 11 is 0. The van der Waals surface area contributed by atoms with Gasteiger partial charge < -0.3 is 10.2 Å². The lowest BCUT2D eigenvalue weighted by atomic mass is 10.2. The molecule has 0 aromatic heterocycles. The van der Waals surface area contributed by atoms with Gasteiger partial charge in [-0.05, 0) is 32.7 Å². The first kappa shape index (κ1) is 12.5. The lowest BCUT2D eigenvalue weighted by Gasteiger charge is -2.25. The van der Waals surface area contributed by atoms with Gasteiger partial charge in [-0.1, -0.05) is 13.3 Å². The predicted molar refractivity (Wildman–Crippen MR) is 62.8 cm³/mol. The molecular formula is C12H24N2O. The van der Waals surface area contributed by atoms with Gasteiger partial charge >= 0.3 is 0 Å². The average Bonchev–Trinajstić information content (AvgIpc) is 2.42. The quantitative estimate of drug-likeness (QED) is 0.753. The number of nitrogens with one attached hydrogen (secondary N) is 1. The molecule has 1 rings (SSSR count). The second kappa shape index (κ2) is 6.83. The largest absolute Gasteiger partial charge is 0.341 e. The number of carbonyl (C=O) groups is 1. The van der Waals surface area contributed by atoms with E-state index in [1.165, 1.54) is 12.8 Å². The molecule has 3 heteroatoms. The van der Waals surface area contributed by atoms with Crippen LogP contribution in [0.1, 0.15) is 46.0 Å². The van der Waals surface area contributed by atoms with Crippen LogP contribution in [-0.2, 0) is 4.79 Å². The van der Waals surface area contributed by atoms with E-state index >= 15 is 0 Å². The average molecular weight is 212 g/mol. The molecule has 88 valence electrons. The molecule has 1 fully saturated rings. The Morgan fingerprint density at radius 2 is 2.20 bits per heavy atom. The van der Waals surface area contributed by atoms with Crippen molar-refractivity contribution in [1.29, 1.82) is 0 Å². The van der Waals surface area contributed by atoms with Crippen LogP contribution in [0.3, 0.4) is 0 Å². The Balaban J connectivity index is 2.30. The molecule has 1 heterocycles. The van der Waals surface area contributed by atoms with Gasteiger partial charge in [-0.3, -0.25) is 4.79 Å². The summed E-state index contributed by atoms with van der Waals surface area (Å²) in [6.07, 6.45) is 5.36. The zero-order valence-electron chi connectivity index (χ0n) is 10.1. The van der Waals surface area contributed by atoms with Crippen molar-refractivity contribution < 1.29 is 4.79 Å². The fourth-order valence-electron chi connectivity index (χ4n) is 2.02. The Hall–Kier alpha value is -0.570. The second-order valence-corrected chi connectivity index (χ2v) is 4.51. The molecule has 0 aliphatic carbocycles. The number of likely N-dealkylation sites (tertiary alicyclic amines) is 1. The van der Waals surface area contributed by atoms with E-state index in [1.54, 1.807) is 0 Å². The minimum Gasteiger partial charge on any atom is -0.341 e. The van der Waals surface area contributed by atoms with Crippen molar-refractivity contribution in [3.8, 4) is 0 Å². The molecule has 0 aromatic rings. The summed E-state index contributed by atoms with van der Waals surface area (Å²) in [6, 6.07) is 0.423. The SMILES string of the molecule is CCCNC(C)CN1CCCCCC1=O. The van der Waals surface area contributed by atoms with Gasteiger partial charge in [-0.2, -0.15) is 0 Å². The number of rotatable bonds is 5. The van der Waals surface area contributed by atoms with Crippen LogP contribution in [-0.4, -0.2) is 36.5 Å². The Morgan fingerprint density at radius 3 is 2.93 bits per heavy atom. The van der Waals surface area contributed by atoms with E-state index in [0.717, 1.165) is 38.9 Å². The highest BCUT2D eigenvalue weighted by atomic mass is 16.2. The molecule has 1 aliphatic rings. The zero-order chi connectivity index (χ0) is 11.1. The van der Waals surface area contributed by atoms with Gasteiger partial charge in [0, 0.05) is 25.6 Å². The van der Waals surface area contributed by atoms with Crippen molar-refractivity contribution in [3.05, 3.63) is 0 Å². The van der Waals surface area contributed by atoms with Crippen LogP contribution in [0.2, 0.25) is 0 Å². The summed E-state index contributed by atoms with van der Waals surface area (Å²) < 4.78 is 0. The fraction of sp³-hybridized carbons (Fsp3) is 0.917. The third-order valence-corrected chi connectivity index (χ3v) is 2.91. The van der Waals surface area contributed by atoms with Crippen LogP contribution >= 0.6 is 0 Å². The molecule has 0 spiro atoms. The molecule has 1 saturated heterocycles. The molecular weight excluding hydrogens is 188 g/mol. The van der Waals surface area contributed by atoms with Crippen molar-refractivity contribution in [2.75, 3.05) is 19.6 Å². The minimum absolute atomic E-state index is 0.345. The van der Waals surface area contributed by atoms with Gasteiger partial charge in [0.1, 0.15) is 0 Å². The van der Waals surface area contributed by atoms with Crippen LogP contribution in [0.25, 0.3) is 0 Å². The lowest BCUT2D eigenvalue weighted by molar-refractivity contribution is -0.131. The number of nitrogens with zero attached hydrogens (tertiary/aromatic N) is 1. The Kier molecular flexibility index (Phi) is 5.69. The standard InChI is InChI=1S/C12H24N2O/c1-3-8-13-11(2)10-14-9-6-4-5-7-12(14)15/h11,13H,3-10H2,1-2H3. The molecule has 0 aromatic carbocycles. The monoisotopic (exact) mass is 212 g/mol. The molecule has 1 aliphatic heterocycles. The van der Waals surface area contributed by atoms with E-state index in [0.29, 0.717) is 11.9 Å². The van der Waals surface area contributed by atoms with E-state index in [9.17, 15) is 4.79 Å². The van der Waals surface area contributed by atoms with Crippen LogP contribution in [0.5, 0.6) is 0 Å². The van der Waals surface area contributed by atoms with Crippen LogP contribution < -0.4 is 5.32 Å². The van der Waals surface area contributed by atoms with E-state index in [1.807, 2.05) is 4.90 Å². The Labute approximate surface area is 93.2 Å². The predicted octanol–water partition coefficient (Wildman–Crippen LogP) is 1.78. The van der Waals surface area contributed by atoms with Gasteiger partial charge in [0.15, 0.2) is 0 Å². The first-order chi connectivity index (χ1) is 7.24. The molecule has 0 radical (unpaired) electrons. The van der Waals surface area contributed by atoms with Gasteiger partial charge in [0.2, 0.25) is 5.91 Å². The fourth-order valence-corrected chi connectivity index (χ4v) is 2.02. The Bertz CT molecular complexity index is 194. The van der Waals surface area contributed by atoms with Crippen LogP contribution in [0.15, 0.2) is 0 Å². The van der Waals surface area contributed by atoms with Crippen molar-refractivity contribution in [3.63, 3.8) is 0 Å². The number of hydrogen-bond acceptors (Lipinski definition) is 2. The van der Waals surface area contributed by atoms with Crippen LogP contribution in [0.4, 0.5) is 0 Å². The van der Waals surface area contributed by atoms with E-state index in [4.69, 9.17) is 0 Å². The summed E-state index contributed by atoms with van der Waals surface area (Å²) in [7, 11) is 0. The number of hydrogen-bond donors (Lipinski definition) is 1. The normalized spacial score (nSPS) is 20.1. The molecule has 3 nitrogen and oxygen atoms in total. The summed E-state index contributed by atoms with van der Waals surface area (Å²) in [4.78, 5) is 13.7. The topological polar surface area (TPSA) is 32.3 Å². The van der Waals surface area contributed by atoms with Gasteiger partial charge in [-0.25, -0.2) is 0 Å². The molecule has 15 heavy (non-hydrogen) atoms.